The number of hydrogen-bond donors (Lipinski definition) is 2. The molecule has 118 valence electrons. The highest BCUT2D eigenvalue weighted by atomic mass is 35.5. The molecule has 0 unspecified atom stereocenters. The second-order valence-corrected chi connectivity index (χ2v) is 5.73. The van der Waals surface area contributed by atoms with E-state index in [1.807, 2.05) is 36.4 Å². The lowest BCUT2D eigenvalue weighted by atomic mass is 9.99. The Labute approximate surface area is 143 Å². The zero-order valence-corrected chi connectivity index (χ0v) is 13.5. The average Bonchev–Trinajstić information content (AvgIpc) is 3.09. The fourth-order valence-corrected chi connectivity index (χ4v) is 2.91. The number of benzene rings is 2. The van der Waals surface area contributed by atoms with Gasteiger partial charge in [0.15, 0.2) is 12.1 Å². The summed E-state index contributed by atoms with van der Waals surface area (Å²) >= 11 is 6.06. The third kappa shape index (κ3) is 2.81. The lowest BCUT2D eigenvalue weighted by Gasteiger charge is -2.20. The van der Waals surface area contributed by atoms with E-state index in [0.29, 0.717) is 11.5 Å². The van der Waals surface area contributed by atoms with Gasteiger partial charge in [0.05, 0.1) is 6.04 Å². The number of aromatic amines is 2. The van der Waals surface area contributed by atoms with Gasteiger partial charge >= 0.3 is 10.9 Å². The van der Waals surface area contributed by atoms with Gasteiger partial charge < -0.3 is 5.32 Å². The third-order valence-corrected chi connectivity index (χ3v) is 4.02. The first-order valence-electron chi connectivity index (χ1n) is 7.60. The molecule has 0 aliphatic heterocycles. The predicted octanol–water partition coefficient (Wildman–Crippen LogP) is 3.63. The molecule has 0 aliphatic rings. The van der Waals surface area contributed by atoms with Gasteiger partial charge in [-0.2, -0.15) is 4.98 Å². The molecule has 4 aromatic rings. The lowest BCUT2D eigenvalue weighted by molar-refractivity contribution is -0.347. The summed E-state index contributed by atoms with van der Waals surface area (Å²) < 4.78 is 0. The number of anilines is 1. The zero-order chi connectivity index (χ0) is 16.4. The van der Waals surface area contributed by atoms with Crippen LogP contribution in [0.3, 0.4) is 0 Å². The molecule has 2 aromatic heterocycles. The van der Waals surface area contributed by atoms with Crippen molar-refractivity contribution in [3.8, 4) is 0 Å². The van der Waals surface area contributed by atoms with E-state index in [9.17, 15) is 0 Å². The van der Waals surface area contributed by atoms with Gasteiger partial charge in [-0.3, -0.25) is 4.98 Å². The van der Waals surface area contributed by atoms with Crippen LogP contribution in [-0.4, -0.2) is 15.0 Å². The summed E-state index contributed by atoms with van der Waals surface area (Å²) in [5, 5.41) is 3.69. The summed E-state index contributed by atoms with van der Waals surface area (Å²) in [6.45, 7) is 0. The topological polar surface area (TPSA) is 67.7 Å². The van der Waals surface area contributed by atoms with Crippen molar-refractivity contribution in [3.63, 3.8) is 0 Å². The van der Waals surface area contributed by atoms with Crippen LogP contribution in [0.15, 0.2) is 67.0 Å². The molecular formula is C18H15ClN5+. The maximum absolute atomic E-state index is 6.06. The minimum atomic E-state index is -0.0510. The van der Waals surface area contributed by atoms with Crippen molar-refractivity contribution < 1.29 is 4.98 Å². The van der Waals surface area contributed by atoms with E-state index in [1.165, 1.54) is 0 Å². The minimum Gasteiger partial charge on any atom is -0.356 e. The molecule has 0 spiro atoms. The maximum Gasteiger partial charge on any atom is 0.306 e. The number of imidazole rings is 1. The van der Waals surface area contributed by atoms with Crippen LogP contribution in [0.1, 0.15) is 17.2 Å². The van der Waals surface area contributed by atoms with Gasteiger partial charge in [-0.15, -0.1) is 0 Å². The van der Waals surface area contributed by atoms with Crippen molar-refractivity contribution in [3.05, 3.63) is 83.4 Å². The Kier molecular flexibility index (Phi) is 3.84. The summed E-state index contributed by atoms with van der Waals surface area (Å²) in [7, 11) is 0. The molecular weight excluding hydrogens is 322 g/mol. The quantitative estimate of drug-likeness (QED) is 0.559. The van der Waals surface area contributed by atoms with Crippen molar-refractivity contribution in [1.29, 1.82) is 0 Å². The summed E-state index contributed by atoms with van der Waals surface area (Å²) in [4.78, 5) is 14.7. The Morgan fingerprint density at radius 3 is 2.17 bits per heavy atom. The third-order valence-electron chi connectivity index (χ3n) is 3.85. The van der Waals surface area contributed by atoms with Gasteiger partial charge in [-0.25, -0.2) is 4.98 Å². The normalized spacial score (nSPS) is 11.1. The first kappa shape index (κ1) is 14.7. The number of nitrogens with zero attached hydrogens (tertiary/aromatic N) is 2. The van der Waals surface area contributed by atoms with Crippen LogP contribution in [0.5, 0.6) is 0 Å². The molecule has 0 amide bonds. The van der Waals surface area contributed by atoms with E-state index in [0.717, 1.165) is 16.6 Å². The molecule has 0 radical (unpaired) electrons. The van der Waals surface area contributed by atoms with Crippen LogP contribution in [-0.2, 0) is 0 Å². The highest BCUT2D eigenvalue weighted by Crippen LogP contribution is 2.28. The lowest BCUT2D eigenvalue weighted by Crippen LogP contribution is -2.14. The average molecular weight is 337 g/mol. The molecule has 0 saturated heterocycles. The molecule has 0 aliphatic carbocycles. The summed E-state index contributed by atoms with van der Waals surface area (Å²) in [6, 6.07) is 20.4. The van der Waals surface area contributed by atoms with Gasteiger partial charge in [-0.1, -0.05) is 65.6 Å². The fourth-order valence-electron chi connectivity index (χ4n) is 2.74. The van der Waals surface area contributed by atoms with Gasteiger partial charge in [0.2, 0.25) is 5.52 Å². The van der Waals surface area contributed by atoms with Crippen molar-refractivity contribution in [1.82, 2.24) is 15.0 Å². The van der Waals surface area contributed by atoms with Gasteiger partial charge in [0.25, 0.3) is 0 Å². The Bertz CT molecular complexity index is 913. The van der Waals surface area contributed by atoms with Crippen molar-refractivity contribution in [2.24, 2.45) is 0 Å². The van der Waals surface area contributed by atoms with Crippen molar-refractivity contribution >= 4 is 28.6 Å². The van der Waals surface area contributed by atoms with Crippen molar-refractivity contribution in [2.75, 3.05) is 5.32 Å². The van der Waals surface area contributed by atoms with Crippen LogP contribution in [0, 0.1) is 0 Å². The molecule has 24 heavy (non-hydrogen) atoms. The molecule has 2 aromatic carbocycles. The highest BCUT2D eigenvalue weighted by molar-refractivity contribution is 6.28. The number of hydrogen-bond acceptors (Lipinski definition) is 3. The van der Waals surface area contributed by atoms with Gasteiger partial charge in [-0.05, 0) is 22.7 Å². The van der Waals surface area contributed by atoms with Gasteiger partial charge in [0, 0.05) is 0 Å². The van der Waals surface area contributed by atoms with Crippen LogP contribution in [0.2, 0.25) is 5.28 Å². The molecule has 0 atom stereocenters. The smallest absolute Gasteiger partial charge is 0.306 e. The molecule has 0 saturated carbocycles. The first-order chi connectivity index (χ1) is 11.8. The second kappa shape index (κ2) is 6.29. The standard InChI is InChI=1S/C18H14ClN5/c19-18-23-16-15(20-11-21-16)17(24-18)22-14(12-7-3-1-4-8-12)13-9-5-2-6-10-13/h1-11,14H,(H2,20,21,22,23,24)/p+1. The Morgan fingerprint density at radius 1 is 0.917 bits per heavy atom. The van der Waals surface area contributed by atoms with Crippen molar-refractivity contribution in [2.45, 2.75) is 6.04 Å². The largest absolute Gasteiger partial charge is 0.356 e. The maximum atomic E-state index is 6.06. The molecule has 5 nitrogen and oxygen atoms in total. The molecule has 4 rings (SSSR count). The zero-order valence-electron chi connectivity index (χ0n) is 12.7. The number of halogens is 1. The van der Waals surface area contributed by atoms with E-state index >= 15 is 0 Å². The molecule has 2 heterocycles. The summed E-state index contributed by atoms with van der Waals surface area (Å²) in [5.74, 6) is 0.656. The number of nitrogens with one attached hydrogen (secondary N) is 3. The summed E-state index contributed by atoms with van der Waals surface area (Å²) in [6.07, 6.45) is 1.71. The molecule has 0 fully saturated rings. The Morgan fingerprint density at radius 2 is 1.54 bits per heavy atom. The number of aromatic nitrogens is 4. The van der Waals surface area contributed by atoms with Crippen LogP contribution in [0.25, 0.3) is 11.2 Å². The van der Waals surface area contributed by atoms with E-state index in [4.69, 9.17) is 11.6 Å². The fraction of sp³-hybridized carbons (Fsp3) is 0.0556. The molecule has 0 bridgehead atoms. The monoisotopic (exact) mass is 336 g/mol. The van der Waals surface area contributed by atoms with E-state index in [2.05, 4.69) is 49.5 Å². The van der Waals surface area contributed by atoms with E-state index in [1.54, 1.807) is 6.33 Å². The Balaban J connectivity index is 1.81. The number of rotatable bonds is 4. The van der Waals surface area contributed by atoms with Crippen LogP contribution in [0.4, 0.5) is 5.82 Å². The summed E-state index contributed by atoms with van der Waals surface area (Å²) in [5.41, 5.74) is 3.73. The van der Waals surface area contributed by atoms with E-state index < -0.39 is 0 Å². The Hall–Kier alpha value is -2.92. The molecule has 6 heteroatoms. The minimum absolute atomic E-state index is 0.0510. The predicted molar refractivity (Wildman–Crippen MR) is 93.8 cm³/mol. The SMILES string of the molecule is Clc1nc(NC(c2ccccc2)c2ccccc2)c2[nH]c[nH+]c2n1. The number of fused-ring (bicyclic) bond motifs is 1. The first-order valence-corrected chi connectivity index (χ1v) is 7.98. The highest BCUT2D eigenvalue weighted by Gasteiger charge is 2.20. The van der Waals surface area contributed by atoms with Crippen LogP contribution >= 0.6 is 11.6 Å². The van der Waals surface area contributed by atoms with Crippen LogP contribution < -0.4 is 10.3 Å². The second-order valence-electron chi connectivity index (χ2n) is 5.40. The molecule has 3 N–H and O–H groups in total. The number of H-pyrrole nitrogens is 2. The van der Waals surface area contributed by atoms with Gasteiger partial charge in [0.1, 0.15) is 0 Å². The van der Waals surface area contributed by atoms with E-state index in [-0.39, 0.29) is 11.3 Å².